The van der Waals surface area contributed by atoms with Crippen molar-refractivity contribution in [3.8, 4) is 5.75 Å². The van der Waals surface area contributed by atoms with Gasteiger partial charge in [0.15, 0.2) is 0 Å². The van der Waals surface area contributed by atoms with Gasteiger partial charge in [-0.2, -0.15) is 0 Å². The quantitative estimate of drug-likeness (QED) is 0.433. The highest BCUT2D eigenvalue weighted by atomic mass is 16.6. The lowest BCUT2D eigenvalue weighted by molar-refractivity contribution is -0.157. The molecule has 36 heavy (non-hydrogen) atoms. The van der Waals surface area contributed by atoms with E-state index in [-0.39, 0.29) is 16.8 Å². The number of ether oxygens (including phenoxy) is 3. The number of esters is 2. The highest BCUT2D eigenvalue weighted by Gasteiger charge is 2.41. The average molecular weight is 491 g/mol. The van der Waals surface area contributed by atoms with Crippen LogP contribution >= 0.6 is 0 Å². The van der Waals surface area contributed by atoms with Gasteiger partial charge in [-0.15, -0.1) is 0 Å². The number of aliphatic carboxylic acids is 1. The molecule has 0 spiro atoms. The number of hydrogen-bond acceptors (Lipinski definition) is 7. The number of benzene rings is 3. The smallest absolute Gasteiger partial charge is 0.349 e. The first kappa shape index (κ1) is 26.0. The van der Waals surface area contributed by atoms with Crippen molar-refractivity contribution in [2.75, 3.05) is 12.4 Å². The molecule has 9 nitrogen and oxygen atoms in total. The summed E-state index contributed by atoms with van der Waals surface area (Å²) in [7, 11) is 1.48. The summed E-state index contributed by atoms with van der Waals surface area (Å²) in [4.78, 5) is 50.6. The first-order valence-electron chi connectivity index (χ1n) is 10.9. The van der Waals surface area contributed by atoms with Crippen LogP contribution in [-0.2, 0) is 19.1 Å². The van der Waals surface area contributed by atoms with Gasteiger partial charge >= 0.3 is 17.9 Å². The Balaban J connectivity index is 1.89. The summed E-state index contributed by atoms with van der Waals surface area (Å²) in [5.41, 5.74) is 2.22. The number of hydrogen-bond donors (Lipinski definition) is 2. The lowest BCUT2D eigenvalue weighted by atomic mass is 10.1. The van der Waals surface area contributed by atoms with Gasteiger partial charge in [0.25, 0.3) is 5.91 Å². The summed E-state index contributed by atoms with van der Waals surface area (Å²) in [5, 5.41) is 12.3. The number of nitrogens with one attached hydrogen (secondary N) is 1. The van der Waals surface area contributed by atoms with Gasteiger partial charge in [0, 0.05) is 5.69 Å². The van der Waals surface area contributed by atoms with Crippen LogP contribution in [0.5, 0.6) is 5.75 Å². The molecule has 0 radical (unpaired) electrons. The van der Waals surface area contributed by atoms with Crippen LogP contribution in [0.1, 0.15) is 31.8 Å². The lowest BCUT2D eigenvalue weighted by Crippen LogP contribution is -2.48. The Morgan fingerprint density at radius 2 is 1.14 bits per heavy atom. The zero-order chi connectivity index (χ0) is 26.2. The maximum Gasteiger partial charge on any atom is 0.349 e. The van der Waals surface area contributed by atoms with Crippen LogP contribution in [-0.4, -0.2) is 48.2 Å². The maximum atomic E-state index is 13.1. The van der Waals surface area contributed by atoms with Crippen LogP contribution in [0.25, 0.3) is 0 Å². The summed E-state index contributed by atoms with van der Waals surface area (Å²) in [6.45, 7) is 3.64. The van der Waals surface area contributed by atoms with Gasteiger partial charge in [-0.25, -0.2) is 14.4 Å². The van der Waals surface area contributed by atoms with E-state index in [1.54, 1.807) is 36.4 Å². The topological polar surface area (TPSA) is 128 Å². The molecule has 0 aliphatic heterocycles. The van der Waals surface area contributed by atoms with E-state index in [0.717, 1.165) is 11.1 Å². The van der Waals surface area contributed by atoms with Crippen molar-refractivity contribution in [1.29, 1.82) is 0 Å². The molecule has 3 aromatic carbocycles. The standard InChI is InChI=1S/C27H25NO8/c1-16-4-8-18(9-5-16)26(32)35-22(24(29)28-20-12-14-21(34-3)15-13-20)23(25(30)31)36-27(33)19-10-6-17(2)7-11-19/h4-15,22-23H,1-3H3,(H,28,29)(H,30,31)/t22-,23-/m0/s1. The second-order valence-electron chi connectivity index (χ2n) is 7.94. The van der Waals surface area contributed by atoms with Crippen molar-refractivity contribution in [2.24, 2.45) is 0 Å². The van der Waals surface area contributed by atoms with Gasteiger partial charge in [-0.3, -0.25) is 4.79 Å². The fraction of sp³-hybridized carbons (Fsp3) is 0.185. The number of amides is 1. The fourth-order valence-corrected chi connectivity index (χ4v) is 3.13. The van der Waals surface area contributed by atoms with Gasteiger partial charge in [0.1, 0.15) is 5.75 Å². The van der Waals surface area contributed by atoms with Crippen LogP contribution in [0.2, 0.25) is 0 Å². The predicted molar refractivity (Wildman–Crippen MR) is 130 cm³/mol. The average Bonchev–Trinajstić information content (AvgIpc) is 2.87. The molecule has 1 amide bonds. The minimum absolute atomic E-state index is 0.0750. The molecule has 0 fully saturated rings. The third-order valence-electron chi connectivity index (χ3n) is 5.18. The number of rotatable bonds is 9. The fourth-order valence-electron chi connectivity index (χ4n) is 3.13. The second kappa shape index (κ2) is 11.7. The molecule has 2 N–H and O–H groups in total. The molecule has 0 aromatic heterocycles. The molecule has 0 saturated carbocycles. The zero-order valence-corrected chi connectivity index (χ0v) is 19.9. The van der Waals surface area contributed by atoms with Gasteiger partial charge in [-0.1, -0.05) is 35.4 Å². The number of methoxy groups -OCH3 is 1. The summed E-state index contributed by atoms with van der Waals surface area (Å²) in [5.74, 6) is -4.07. The van der Waals surface area contributed by atoms with E-state index >= 15 is 0 Å². The molecule has 9 heteroatoms. The Hall–Kier alpha value is -4.66. The SMILES string of the molecule is COc1ccc(NC(=O)[C@@H](OC(=O)c2ccc(C)cc2)[C@H](OC(=O)c2ccc(C)cc2)C(=O)O)cc1. The molecular weight excluding hydrogens is 466 g/mol. The maximum absolute atomic E-state index is 13.1. The van der Waals surface area contributed by atoms with E-state index in [1.807, 2.05) is 13.8 Å². The Kier molecular flexibility index (Phi) is 8.40. The van der Waals surface area contributed by atoms with Crippen molar-refractivity contribution in [2.45, 2.75) is 26.1 Å². The van der Waals surface area contributed by atoms with Gasteiger partial charge < -0.3 is 24.6 Å². The summed E-state index contributed by atoms with van der Waals surface area (Å²) >= 11 is 0. The van der Waals surface area contributed by atoms with E-state index in [9.17, 15) is 24.3 Å². The van der Waals surface area contributed by atoms with Crippen LogP contribution in [0.4, 0.5) is 5.69 Å². The van der Waals surface area contributed by atoms with Crippen molar-refractivity contribution in [3.05, 3.63) is 95.1 Å². The number of carboxylic acids is 1. The minimum atomic E-state index is -2.12. The van der Waals surface area contributed by atoms with E-state index in [1.165, 1.54) is 43.5 Å². The molecule has 186 valence electrons. The lowest BCUT2D eigenvalue weighted by Gasteiger charge is -2.23. The Morgan fingerprint density at radius 3 is 1.56 bits per heavy atom. The van der Waals surface area contributed by atoms with Crippen molar-refractivity contribution in [3.63, 3.8) is 0 Å². The third-order valence-corrected chi connectivity index (χ3v) is 5.18. The third kappa shape index (κ3) is 6.69. The second-order valence-corrected chi connectivity index (χ2v) is 7.94. The number of aryl methyl sites for hydroxylation is 2. The van der Waals surface area contributed by atoms with E-state index in [0.29, 0.717) is 5.75 Å². The highest BCUT2D eigenvalue weighted by molar-refractivity contribution is 6.01. The van der Waals surface area contributed by atoms with Crippen LogP contribution in [0, 0.1) is 13.8 Å². The Bertz CT molecular complexity index is 1230. The summed E-state index contributed by atoms with van der Waals surface area (Å²) < 4.78 is 15.5. The predicted octanol–water partition coefficient (Wildman–Crippen LogP) is 3.79. The molecule has 0 aliphatic carbocycles. The normalized spacial score (nSPS) is 12.1. The molecule has 0 saturated heterocycles. The van der Waals surface area contributed by atoms with E-state index in [4.69, 9.17) is 14.2 Å². The van der Waals surface area contributed by atoms with Crippen molar-refractivity contribution < 1.29 is 38.5 Å². The number of carbonyl (C=O) groups excluding carboxylic acids is 3. The van der Waals surface area contributed by atoms with Gasteiger partial charge in [0.2, 0.25) is 12.2 Å². The molecule has 0 aliphatic rings. The molecular formula is C27H25NO8. The molecule has 3 aromatic rings. The summed E-state index contributed by atoms with van der Waals surface area (Å²) in [6, 6.07) is 18.7. The molecule has 2 atom stereocenters. The van der Waals surface area contributed by atoms with E-state index in [2.05, 4.69) is 5.32 Å². The first-order valence-corrected chi connectivity index (χ1v) is 10.9. The molecule has 0 heterocycles. The van der Waals surface area contributed by atoms with Gasteiger partial charge in [0.05, 0.1) is 18.2 Å². The van der Waals surface area contributed by atoms with Crippen molar-refractivity contribution in [1.82, 2.24) is 0 Å². The van der Waals surface area contributed by atoms with Crippen molar-refractivity contribution >= 4 is 29.5 Å². The largest absolute Gasteiger partial charge is 0.497 e. The Labute approximate surface area is 207 Å². The monoisotopic (exact) mass is 491 g/mol. The zero-order valence-electron chi connectivity index (χ0n) is 19.9. The summed E-state index contributed by atoms with van der Waals surface area (Å²) in [6.07, 6.45) is -4.11. The Morgan fingerprint density at radius 1 is 0.694 bits per heavy atom. The van der Waals surface area contributed by atoms with Crippen LogP contribution in [0.3, 0.4) is 0 Å². The van der Waals surface area contributed by atoms with Crippen LogP contribution in [0.15, 0.2) is 72.8 Å². The number of carboxylic acid groups (broad SMARTS) is 1. The highest BCUT2D eigenvalue weighted by Crippen LogP contribution is 2.19. The van der Waals surface area contributed by atoms with E-state index < -0.39 is 36.0 Å². The molecule has 3 rings (SSSR count). The molecule has 0 unspecified atom stereocenters. The first-order chi connectivity index (χ1) is 17.2. The number of carbonyl (C=O) groups is 4. The number of anilines is 1. The molecule has 0 bridgehead atoms. The minimum Gasteiger partial charge on any atom is -0.497 e. The van der Waals surface area contributed by atoms with Gasteiger partial charge in [-0.05, 0) is 62.4 Å². The van der Waals surface area contributed by atoms with Crippen LogP contribution < -0.4 is 10.1 Å².